The number of rotatable bonds is 10. The first-order valence-electron chi connectivity index (χ1n) is 53.0. The molecule has 1 unspecified atom stereocenters. The number of para-hydroxylation sites is 2. The van der Waals surface area contributed by atoms with Gasteiger partial charge in [0.1, 0.15) is 28.8 Å². The van der Waals surface area contributed by atoms with E-state index in [4.69, 9.17) is 18.9 Å². The van der Waals surface area contributed by atoms with Crippen LogP contribution < -0.4 is 29.0 Å². The normalized spacial score (nSPS) is 13.3. The number of hydrogen-bond acceptors (Lipinski definition) is 13. The van der Waals surface area contributed by atoms with Crippen molar-refractivity contribution in [3.63, 3.8) is 0 Å². The molecule has 0 amide bonds. The summed E-state index contributed by atoms with van der Waals surface area (Å²) < 4.78 is 75.5. The minimum absolute atomic E-state index is 0. The monoisotopic (exact) mass is 2020 g/mol. The predicted octanol–water partition coefficient (Wildman–Crippen LogP) is 36.0. The largest absolute Gasteiger partial charge is 0.618 e. The number of nitrogens with zero attached hydrogens (tertiary/aromatic N) is 8. The molecule has 0 bridgehead atoms. The fourth-order valence-electron chi connectivity index (χ4n) is 20.1. The van der Waals surface area contributed by atoms with Gasteiger partial charge in [-0.05, 0) is 287 Å². The van der Waals surface area contributed by atoms with Crippen LogP contribution in [0.15, 0.2) is 268 Å². The smallest absolute Gasteiger partial charge is 0.417 e. The van der Waals surface area contributed by atoms with Gasteiger partial charge in [-0.15, -0.1) is 0 Å². The van der Waals surface area contributed by atoms with Crippen LogP contribution in [0.2, 0.25) is 0 Å². The molecule has 0 spiro atoms. The molecule has 13 heterocycles. The van der Waals surface area contributed by atoms with Crippen LogP contribution in [0.3, 0.4) is 0 Å². The van der Waals surface area contributed by atoms with Crippen molar-refractivity contribution in [2.75, 3.05) is 38.3 Å². The first-order chi connectivity index (χ1) is 70.9. The average Bonchev–Trinajstić information content (AvgIpc) is 0.755. The highest BCUT2D eigenvalue weighted by Crippen LogP contribution is 2.48. The van der Waals surface area contributed by atoms with E-state index in [1.54, 1.807) is 24.5 Å². The molecule has 23 rings (SSSR count). The summed E-state index contributed by atoms with van der Waals surface area (Å²) in [6.45, 7) is 54.0. The van der Waals surface area contributed by atoms with Gasteiger partial charge in [0.25, 0.3) is 0 Å². The van der Waals surface area contributed by atoms with Crippen molar-refractivity contribution in [1.29, 1.82) is 0 Å². The molecule has 0 fully saturated rings. The van der Waals surface area contributed by atoms with Gasteiger partial charge < -0.3 is 29.5 Å². The Kier molecular flexibility index (Phi) is 40.1. The number of aryl methyl sites for hydroxylation is 4. The average molecular weight is 2020 g/mol. The quantitative estimate of drug-likeness (QED) is 0.0781. The van der Waals surface area contributed by atoms with Gasteiger partial charge in [0.05, 0.1) is 76.0 Å². The molecule has 14 nitrogen and oxygen atoms in total. The van der Waals surface area contributed by atoms with Crippen molar-refractivity contribution in [2.24, 2.45) is 0 Å². The molecular formula is C132H155F4N9O5. The SMILES string of the molecule is C.C.CC(C)c1ccc(C(F)(F)F)c2cccnc12.CC(C)c1ccc(F)c2cccnc12.CC(C)c1ccc2c(c1)CCCO2.CC(C)c1ccc2c3c(cc[n+]([O-])c13)CCO2.CC(C)c1ccc2c3c(ccnc13)CCO2.CC(C)c1ccc2c3c1NCCC3CCO2.CC(C)c1cccc2cccnc12.CC(C)c1cnc2ccccc2c1.Cc1cc(C(C)C)c2ncccc2c1.Cc1ccc2ccc(C)c(C(C)C)c2n1. The number of benzene rings is 10. The molecule has 5 aliphatic heterocycles. The van der Waals surface area contributed by atoms with E-state index in [-0.39, 0.29) is 32.0 Å². The Hall–Kier alpha value is -14.0. The molecule has 1 N–H and O–H groups in total. The van der Waals surface area contributed by atoms with E-state index in [1.807, 2.05) is 100 Å². The van der Waals surface area contributed by atoms with E-state index in [0.29, 0.717) is 70.8 Å². The number of ether oxygens (including phenoxy) is 4. The van der Waals surface area contributed by atoms with Gasteiger partial charge in [0, 0.05) is 123 Å². The van der Waals surface area contributed by atoms with Gasteiger partial charge in [-0.2, -0.15) is 17.9 Å². The van der Waals surface area contributed by atoms with Crippen molar-refractivity contribution < 1.29 is 41.2 Å². The molecule has 5 aliphatic rings. The summed E-state index contributed by atoms with van der Waals surface area (Å²) in [5, 5.41) is 23.5. The van der Waals surface area contributed by atoms with Crippen LogP contribution in [-0.2, 0) is 25.4 Å². The van der Waals surface area contributed by atoms with Crippen LogP contribution in [0.25, 0.3) is 87.2 Å². The van der Waals surface area contributed by atoms with Crippen molar-refractivity contribution >= 4 is 92.9 Å². The van der Waals surface area contributed by atoms with Crippen LogP contribution in [-0.4, -0.2) is 67.9 Å². The molecular weight excluding hydrogens is 1870 g/mol. The topological polar surface area (TPSA) is 166 Å². The van der Waals surface area contributed by atoms with E-state index >= 15 is 0 Å². The summed E-state index contributed by atoms with van der Waals surface area (Å²) in [4.78, 5) is 30.7. The fourth-order valence-corrected chi connectivity index (χ4v) is 20.1. The maximum absolute atomic E-state index is 13.4. The predicted molar refractivity (Wildman–Crippen MR) is 620 cm³/mol. The zero-order chi connectivity index (χ0) is 106. The number of hydrogen-bond donors (Lipinski definition) is 1. The zero-order valence-corrected chi connectivity index (χ0v) is 90.7. The van der Waals surface area contributed by atoms with Crippen LogP contribution in [0.1, 0.15) is 338 Å². The van der Waals surface area contributed by atoms with Crippen molar-refractivity contribution in [3.8, 4) is 23.0 Å². The molecule has 10 aromatic carbocycles. The lowest BCUT2D eigenvalue weighted by atomic mass is 9.83. The highest BCUT2D eigenvalue weighted by molar-refractivity contribution is 5.93. The van der Waals surface area contributed by atoms with Gasteiger partial charge in [0.15, 0.2) is 6.20 Å². The van der Waals surface area contributed by atoms with Gasteiger partial charge in [-0.1, -0.05) is 274 Å². The van der Waals surface area contributed by atoms with Crippen LogP contribution >= 0.6 is 0 Å². The summed E-state index contributed by atoms with van der Waals surface area (Å²) >= 11 is 0. The van der Waals surface area contributed by atoms with Gasteiger partial charge in [-0.3, -0.25) is 34.9 Å². The Morgan fingerprint density at radius 1 is 0.373 bits per heavy atom. The van der Waals surface area contributed by atoms with Crippen LogP contribution in [0.4, 0.5) is 23.2 Å². The van der Waals surface area contributed by atoms with Gasteiger partial charge in [-0.25, -0.2) is 4.39 Å². The second-order valence-corrected chi connectivity index (χ2v) is 42.2. The van der Waals surface area contributed by atoms with Gasteiger partial charge >= 0.3 is 6.18 Å². The molecule has 8 aromatic heterocycles. The maximum atomic E-state index is 13.4. The number of halogens is 4. The number of aromatic nitrogens is 8. The maximum Gasteiger partial charge on any atom is 0.417 e. The summed E-state index contributed by atoms with van der Waals surface area (Å²) in [5.74, 6) is 9.27. The minimum Gasteiger partial charge on any atom is -0.618 e. The second kappa shape index (κ2) is 52.4. The summed E-state index contributed by atoms with van der Waals surface area (Å²) in [7, 11) is 0. The highest BCUT2D eigenvalue weighted by Gasteiger charge is 2.34. The van der Waals surface area contributed by atoms with Crippen molar-refractivity contribution in [3.05, 3.63) is 379 Å². The number of alkyl halides is 3. The minimum atomic E-state index is -4.34. The standard InChI is InChI=1S/C14H15NO2.C14H19NO.C14H15NO.C14H17N.C13H12F3N.C13H15N.C12H12FN.2C12H13N.C12H16O.2CH4/c1-9(2)11-3-4-12-13-10(6-8-17-12)5-7-15(16)14(11)13;2*1-9(2)11-3-4-12-13-10(6-8-16-12)5-7-15-14(11)13;1-9(2)13-10(3)5-7-12-8-6-11(4)15-14(12)13;1-8(2)9-5-6-11(13(14,15)16)10-4-3-7-17-12(9)10;1-9(2)12-8-10(3)7-11-5-4-6-14-13(11)12;1-8(2)9-5-6-11(13)10-4-3-7-14-12(9)10;1-9(2)11-7-3-5-10-6-4-8-13-12(10)11;1-9(2)11-7-10-5-3-4-6-12(10)13-8-11;1-9(2)10-5-6-12-11(8-10)4-3-7-13-12;;/h3-5,7,9H,6,8H2,1-2H3;3-4,9-10,15H,5-8H2,1-2H3;3-5,7,9H,6,8H2,1-2H3;5-9H,1-4H3;3-8H,1-2H3;4-9H,1-3H3;3-8H,1-2H3;2*3-9H,1-2H3;5-6,8-9H,3-4,7H2,1-2H3;2*1H4. The summed E-state index contributed by atoms with van der Waals surface area (Å²) in [5.41, 5.74) is 30.1. The third-order valence-electron chi connectivity index (χ3n) is 28.0. The van der Waals surface area contributed by atoms with Crippen LogP contribution in [0.5, 0.6) is 23.0 Å². The Morgan fingerprint density at radius 2 is 0.887 bits per heavy atom. The van der Waals surface area contributed by atoms with Crippen molar-refractivity contribution in [1.82, 2.24) is 34.9 Å². The molecule has 0 aliphatic carbocycles. The lowest BCUT2D eigenvalue weighted by molar-refractivity contribution is -0.577. The number of nitrogens with one attached hydrogen (secondary N) is 1. The van der Waals surface area contributed by atoms with E-state index in [9.17, 15) is 22.8 Å². The van der Waals surface area contributed by atoms with E-state index < -0.39 is 11.7 Å². The third-order valence-corrected chi connectivity index (χ3v) is 28.0. The van der Waals surface area contributed by atoms with Crippen molar-refractivity contribution in [2.45, 2.75) is 284 Å². The Labute approximate surface area is 887 Å². The molecule has 0 radical (unpaired) electrons. The van der Waals surface area contributed by atoms with E-state index in [0.717, 1.165) is 146 Å². The number of pyridine rings is 8. The molecule has 1 atom stereocenters. The number of anilines is 1. The van der Waals surface area contributed by atoms with Gasteiger partial charge in [0.2, 0.25) is 5.52 Å². The molecule has 18 heteroatoms. The lowest BCUT2D eigenvalue weighted by Crippen LogP contribution is -2.29. The number of fused-ring (bicyclic) bond motifs is 7. The molecule has 150 heavy (non-hydrogen) atoms. The molecule has 18 aromatic rings. The molecule has 0 saturated carbocycles. The second-order valence-electron chi connectivity index (χ2n) is 42.2. The fraction of sp³-hybridized carbons (Fsp3) is 0.364. The Bertz CT molecular complexity index is 7580. The van der Waals surface area contributed by atoms with E-state index in [2.05, 4.69) is 306 Å². The first-order valence-corrected chi connectivity index (χ1v) is 53.0. The molecule has 0 saturated heterocycles. The third kappa shape index (κ3) is 27.8. The lowest BCUT2D eigenvalue weighted by Gasteiger charge is -2.34. The Morgan fingerprint density at radius 3 is 1.53 bits per heavy atom. The highest BCUT2D eigenvalue weighted by atomic mass is 19.4. The molecule has 786 valence electrons. The summed E-state index contributed by atoms with van der Waals surface area (Å²) in [6.07, 6.45) is 14.7. The summed E-state index contributed by atoms with van der Waals surface area (Å²) in [6, 6.07) is 73.7. The zero-order valence-electron chi connectivity index (χ0n) is 90.7. The van der Waals surface area contributed by atoms with E-state index in [1.165, 1.54) is 160 Å². The Balaban J connectivity index is 0.000000148. The van der Waals surface area contributed by atoms with Crippen LogP contribution in [0, 0.1) is 31.8 Å². The first kappa shape index (κ1) is 115.